The summed E-state index contributed by atoms with van der Waals surface area (Å²) in [5, 5.41) is 6.71. The van der Waals surface area contributed by atoms with Crippen molar-refractivity contribution < 1.29 is 4.74 Å². The number of fused-ring (bicyclic) bond motifs is 1. The highest BCUT2D eigenvalue weighted by molar-refractivity contribution is 14.0. The van der Waals surface area contributed by atoms with Gasteiger partial charge in [0.1, 0.15) is 5.75 Å². The number of rotatable bonds is 6. The summed E-state index contributed by atoms with van der Waals surface area (Å²) in [6.45, 7) is 7.14. The van der Waals surface area contributed by atoms with Crippen molar-refractivity contribution in [2.75, 3.05) is 26.7 Å². The third-order valence-electron chi connectivity index (χ3n) is 3.70. The average molecular weight is 417 g/mol. The van der Waals surface area contributed by atoms with Crippen LogP contribution in [0.2, 0.25) is 0 Å². The summed E-state index contributed by atoms with van der Waals surface area (Å²) < 4.78 is 5.53. The van der Waals surface area contributed by atoms with E-state index in [-0.39, 0.29) is 24.0 Å². The topological polar surface area (TPSA) is 45.7 Å². The molecule has 0 aromatic heterocycles. The molecule has 1 aromatic carbocycles. The Bertz CT molecular complexity index is 489. The van der Waals surface area contributed by atoms with Gasteiger partial charge in [0.25, 0.3) is 0 Å². The van der Waals surface area contributed by atoms with Gasteiger partial charge in [-0.1, -0.05) is 26.0 Å². The van der Waals surface area contributed by atoms with Crippen molar-refractivity contribution in [3.05, 3.63) is 29.3 Å². The van der Waals surface area contributed by atoms with Crippen LogP contribution in [-0.2, 0) is 12.8 Å². The maximum absolute atomic E-state index is 5.53. The van der Waals surface area contributed by atoms with Crippen LogP contribution in [0.5, 0.6) is 5.75 Å². The molecule has 4 nitrogen and oxygen atoms in total. The normalized spacial score (nSPS) is 13.4. The number of hydrogen-bond acceptors (Lipinski definition) is 2. The third kappa shape index (κ3) is 6.02. The zero-order chi connectivity index (χ0) is 15.1. The smallest absolute Gasteiger partial charge is 0.190 e. The molecular weight excluding hydrogens is 389 g/mol. The van der Waals surface area contributed by atoms with E-state index >= 15 is 0 Å². The van der Waals surface area contributed by atoms with E-state index in [1.54, 1.807) is 0 Å². The number of benzene rings is 1. The second-order valence-corrected chi connectivity index (χ2v) is 5.90. The Labute approximate surface area is 151 Å². The molecule has 22 heavy (non-hydrogen) atoms. The minimum atomic E-state index is 0. The molecule has 0 bridgehead atoms. The number of nitrogens with zero attached hydrogens (tertiary/aromatic N) is 1. The number of halogens is 1. The Morgan fingerprint density at radius 3 is 2.77 bits per heavy atom. The summed E-state index contributed by atoms with van der Waals surface area (Å²) in [6.07, 6.45) is 3.19. The van der Waals surface area contributed by atoms with Crippen molar-refractivity contribution in [2.24, 2.45) is 10.9 Å². The lowest BCUT2D eigenvalue weighted by Gasteiger charge is -2.13. The molecule has 1 aromatic rings. The van der Waals surface area contributed by atoms with E-state index in [9.17, 15) is 0 Å². The molecule has 0 radical (unpaired) electrons. The van der Waals surface area contributed by atoms with Gasteiger partial charge in [-0.2, -0.15) is 0 Å². The van der Waals surface area contributed by atoms with Crippen LogP contribution in [0.1, 0.15) is 31.4 Å². The van der Waals surface area contributed by atoms with E-state index in [0.717, 1.165) is 50.7 Å². The third-order valence-corrected chi connectivity index (χ3v) is 3.70. The Kier molecular flexibility index (Phi) is 8.60. The lowest BCUT2D eigenvalue weighted by Crippen LogP contribution is -2.39. The summed E-state index contributed by atoms with van der Waals surface area (Å²) in [5.74, 6) is 2.65. The van der Waals surface area contributed by atoms with Gasteiger partial charge in [0, 0.05) is 26.6 Å². The molecule has 0 aliphatic carbocycles. The highest BCUT2D eigenvalue weighted by Gasteiger charge is 2.11. The molecule has 0 spiro atoms. The van der Waals surface area contributed by atoms with Gasteiger partial charge >= 0.3 is 0 Å². The van der Waals surface area contributed by atoms with Gasteiger partial charge in [0.15, 0.2) is 5.96 Å². The maximum atomic E-state index is 5.53. The van der Waals surface area contributed by atoms with Gasteiger partial charge in [0.2, 0.25) is 0 Å². The summed E-state index contributed by atoms with van der Waals surface area (Å²) in [6, 6.07) is 6.51. The molecule has 0 saturated heterocycles. The molecule has 1 aliphatic rings. The van der Waals surface area contributed by atoms with Gasteiger partial charge in [-0.15, -0.1) is 24.0 Å². The van der Waals surface area contributed by atoms with Gasteiger partial charge in [0.05, 0.1) is 6.61 Å². The molecule has 0 saturated carbocycles. The largest absolute Gasteiger partial charge is 0.493 e. The highest BCUT2D eigenvalue weighted by atomic mass is 127. The van der Waals surface area contributed by atoms with Gasteiger partial charge in [-0.25, -0.2) is 0 Å². The first kappa shape index (κ1) is 19.1. The first-order chi connectivity index (χ1) is 10.2. The number of nitrogens with one attached hydrogen (secondary N) is 2. The zero-order valence-electron chi connectivity index (χ0n) is 13.8. The minimum Gasteiger partial charge on any atom is -0.493 e. The molecule has 2 rings (SSSR count). The van der Waals surface area contributed by atoms with Crippen LogP contribution in [0.15, 0.2) is 23.2 Å². The summed E-state index contributed by atoms with van der Waals surface area (Å²) >= 11 is 0. The van der Waals surface area contributed by atoms with E-state index in [2.05, 4.69) is 47.7 Å². The van der Waals surface area contributed by atoms with Crippen LogP contribution in [0, 0.1) is 5.92 Å². The van der Waals surface area contributed by atoms with Crippen LogP contribution in [-0.4, -0.2) is 32.7 Å². The van der Waals surface area contributed by atoms with Crippen molar-refractivity contribution in [1.29, 1.82) is 0 Å². The molecule has 1 aliphatic heterocycles. The SMILES string of the molecule is CN=C(NCCc1ccc2c(c1)CCO2)NCCC(C)C.I. The van der Waals surface area contributed by atoms with E-state index in [1.807, 2.05) is 7.05 Å². The Morgan fingerprint density at radius 1 is 1.27 bits per heavy atom. The number of ether oxygens (including phenoxy) is 1. The fourth-order valence-electron chi connectivity index (χ4n) is 2.42. The van der Waals surface area contributed by atoms with Crippen LogP contribution >= 0.6 is 24.0 Å². The minimum absolute atomic E-state index is 0. The Morgan fingerprint density at radius 2 is 2.05 bits per heavy atom. The average Bonchev–Trinajstić information content (AvgIpc) is 2.92. The summed E-state index contributed by atoms with van der Waals surface area (Å²) in [5.41, 5.74) is 2.69. The predicted molar refractivity (Wildman–Crippen MR) is 104 cm³/mol. The second-order valence-electron chi connectivity index (χ2n) is 5.90. The number of hydrogen-bond donors (Lipinski definition) is 2. The molecule has 0 atom stereocenters. The first-order valence-corrected chi connectivity index (χ1v) is 7.88. The molecule has 2 N–H and O–H groups in total. The highest BCUT2D eigenvalue weighted by Crippen LogP contribution is 2.25. The van der Waals surface area contributed by atoms with Crippen LogP contribution in [0.25, 0.3) is 0 Å². The molecule has 124 valence electrons. The van der Waals surface area contributed by atoms with E-state index < -0.39 is 0 Å². The van der Waals surface area contributed by atoms with Crippen molar-refractivity contribution in [2.45, 2.75) is 33.1 Å². The summed E-state index contributed by atoms with van der Waals surface area (Å²) in [7, 11) is 1.82. The predicted octanol–water partition coefficient (Wildman–Crippen LogP) is 2.99. The molecular formula is C17H28IN3O. The Balaban J connectivity index is 0.00000242. The van der Waals surface area contributed by atoms with Gasteiger partial charge < -0.3 is 15.4 Å². The van der Waals surface area contributed by atoms with Crippen molar-refractivity contribution in [1.82, 2.24) is 10.6 Å². The van der Waals surface area contributed by atoms with Crippen molar-refractivity contribution in [3.8, 4) is 5.75 Å². The number of guanidine groups is 1. The molecule has 0 fully saturated rings. The van der Waals surface area contributed by atoms with E-state index in [1.165, 1.54) is 11.1 Å². The second kappa shape index (κ2) is 9.92. The summed E-state index contributed by atoms with van der Waals surface area (Å²) in [4.78, 5) is 4.25. The van der Waals surface area contributed by atoms with Gasteiger partial charge in [-0.3, -0.25) is 4.99 Å². The molecule has 0 amide bonds. The van der Waals surface area contributed by atoms with Crippen LogP contribution < -0.4 is 15.4 Å². The maximum Gasteiger partial charge on any atom is 0.190 e. The van der Waals surface area contributed by atoms with Gasteiger partial charge in [-0.05, 0) is 36.0 Å². The van der Waals surface area contributed by atoms with E-state index in [0.29, 0.717) is 5.92 Å². The van der Waals surface area contributed by atoms with Crippen molar-refractivity contribution in [3.63, 3.8) is 0 Å². The van der Waals surface area contributed by atoms with Crippen LogP contribution in [0.3, 0.4) is 0 Å². The first-order valence-electron chi connectivity index (χ1n) is 7.88. The Hall–Kier alpha value is -0.980. The van der Waals surface area contributed by atoms with Crippen molar-refractivity contribution >= 4 is 29.9 Å². The lowest BCUT2D eigenvalue weighted by molar-refractivity contribution is 0.357. The standard InChI is InChI=1S/C17H27N3O.HI/c1-13(2)6-9-19-17(18-3)20-10-7-14-4-5-16-15(12-14)8-11-21-16;/h4-5,12-13H,6-11H2,1-3H3,(H2,18,19,20);1H. The zero-order valence-corrected chi connectivity index (χ0v) is 16.1. The monoisotopic (exact) mass is 417 g/mol. The fraction of sp³-hybridized carbons (Fsp3) is 0.588. The molecule has 1 heterocycles. The van der Waals surface area contributed by atoms with E-state index in [4.69, 9.17) is 4.74 Å². The molecule has 5 heteroatoms. The van der Waals surface area contributed by atoms with Crippen LogP contribution in [0.4, 0.5) is 0 Å². The molecule has 0 unspecified atom stereocenters. The number of aliphatic imine (C=N–C) groups is 1. The fourth-order valence-corrected chi connectivity index (χ4v) is 2.42. The quantitative estimate of drug-likeness (QED) is 0.425. The lowest BCUT2D eigenvalue weighted by atomic mass is 10.1.